The van der Waals surface area contributed by atoms with Crippen molar-refractivity contribution in [3.05, 3.63) is 22.3 Å². The maximum Gasteiger partial charge on any atom is 0.145 e. The molecule has 0 aliphatic heterocycles. The van der Waals surface area contributed by atoms with Gasteiger partial charge in [-0.15, -0.1) is 12.4 Å². The molecule has 0 aliphatic carbocycles. The third kappa shape index (κ3) is 430. The van der Waals surface area contributed by atoms with E-state index in [-0.39, 0.29) is 203 Å². The fourth-order valence-electron chi connectivity index (χ4n) is 0. The smallest absolute Gasteiger partial charge is 0.145 e. The fourth-order valence-corrected chi connectivity index (χ4v) is 0. The average molecular weight is 683 g/mol. The van der Waals surface area contributed by atoms with Crippen LogP contribution in [-0.2, 0) is 140 Å². The van der Waals surface area contributed by atoms with Gasteiger partial charge in [0.2, 0.25) is 0 Å². The van der Waals surface area contributed by atoms with Crippen molar-refractivity contribution in [2.75, 3.05) is 7.11 Å². The summed E-state index contributed by atoms with van der Waals surface area (Å²) in [7, 11) is 2.56. The molecule has 0 bridgehead atoms. The first kappa shape index (κ1) is 268. The molecule has 0 heterocycles. The quantitative estimate of drug-likeness (QED) is 0.275. The molecule has 0 rings (SSSR count). The van der Waals surface area contributed by atoms with Crippen LogP contribution in [0.25, 0.3) is 0 Å². The van der Waals surface area contributed by atoms with Crippen LogP contribution in [0.2, 0.25) is 0 Å². The van der Waals surface area contributed by atoms with Crippen LogP contribution in [0.4, 0.5) is 0 Å². The number of rotatable bonds is 0. The van der Waals surface area contributed by atoms with Crippen LogP contribution >= 0.6 is 12.4 Å². The molecule has 0 aromatic rings. The van der Waals surface area contributed by atoms with Gasteiger partial charge in [-0.05, 0) is 11.0 Å². The van der Waals surface area contributed by atoms with E-state index < -0.39 is 0 Å². The van der Waals surface area contributed by atoms with Crippen molar-refractivity contribution in [3.63, 3.8) is 0 Å². The Bertz CT molecular complexity index is 43.1. The van der Waals surface area contributed by atoms with Crippen molar-refractivity contribution >= 4 is 33.9 Å². The zero-order chi connectivity index (χ0) is 2.71. The molecule has 0 aromatic carbocycles. The molecule has 4 radical (unpaired) electrons. The van der Waals surface area contributed by atoms with E-state index in [2.05, 4.69) is 4.43 Å². The Labute approximate surface area is 222 Å². The van der Waals surface area contributed by atoms with Gasteiger partial charge in [0.15, 0.2) is 0 Å². The molecule has 19 heavy (non-hydrogen) atoms. The molecular weight excluding hydrogens is 651 g/mol. The Balaban J connectivity index is -0.000000000167. The van der Waals surface area contributed by atoms with Crippen LogP contribution in [0, 0.1) is 22.3 Å². The minimum atomic E-state index is 0. The average Bonchev–Trinajstić information content (AvgIpc) is 0.918. The van der Waals surface area contributed by atoms with Crippen molar-refractivity contribution < 1.29 is 140 Å². The Morgan fingerprint density at radius 2 is 0.632 bits per heavy atom. The van der Waals surface area contributed by atoms with Gasteiger partial charge in [0.05, 0.1) is 0 Å². The van der Waals surface area contributed by atoms with Gasteiger partial charge < -0.3 is 26.7 Å². The first-order valence-corrected chi connectivity index (χ1v) is 1.63. The third-order valence-electron chi connectivity index (χ3n) is 0. The Hall–Kier alpha value is 4.79. The van der Waals surface area contributed by atoms with Gasteiger partial charge in [-0.3, -0.25) is 0 Å². The van der Waals surface area contributed by atoms with Gasteiger partial charge in [-0.1, -0.05) is 22.3 Å². The molecule has 0 aromatic heterocycles. The molecule has 152 valence electrons. The van der Waals surface area contributed by atoms with Crippen molar-refractivity contribution in [1.29, 1.82) is 0 Å². The summed E-state index contributed by atoms with van der Waals surface area (Å²) in [4.78, 5) is 0. The molecule has 0 amide bonds. The predicted octanol–water partition coefficient (Wildman–Crippen LogP) is 1.12. The number of hydrogen-bond donors (Lipinski definition) is 0. The summed E-state index contributed by atoms with van der Waals surface area (Å²) in [6.45, 7) is 0. The summed E-state index contributed by atoms with van der Waals surface area (Å²) in [6.07, 6.45) is 0. The summed E-state index contributed by atoms with van der Waals surface area (Å²) >= 11 is 0. The van der Waals surface area contributed by atoms with E-state index in [0.717, 1.165) is 10.5 Å². The summed E-state index contributed by atoms with van der Waals surface area (Å²) < 4.78 is 4.39. The molecule has 0 saturated heterocycles. The van der Waals surface area contributed by atoms with Gasteiger partial charge in [0, 0.05) is 142 Å². The van der Waals surface area contributed by atoms with Crippen LogP contribution in [0.1, 0.15) is 22.3 Å². The van der Waals surface area contributed by atoms with Crippen LogP contribution in [0.5, 0.6) is 0 Å². The van der Waals surface area contributed by atoms with Crippen molar-refractivity contribution in [2.45, 2.75) is 22.3 Å². The molecule has 0 saturated carbocycles. The minimum absolute atomic E-state index is 0. The van der Waals surface area contributed by atoms with Gasteiger partial charge in [0.1, 0.15) is 10.5 Å². The SMILES string of the molecule is C.C.C.CO[SiH3].Cl.[CH3-].[CH3-].[CH3-].[Co].[Co].[Co].[Co].[Fe].[Fe].[Fe].[Fe].[SiH4]. The second-order valence-corrected chi connectivity index (χ2v) is 1.22. The summed E-state index contributed by atoms with van der Waals surface area (Å²) in [5.41, 5.74) is 0. The Morgan fingerprint density at radius 3 is 0.632 bits per heavy atom. The first-order valence-electron chi connectivity index (χ1n) is 0.816. The van der Waals surface area contributed by atoms with Gasteiger partial charge >= 0.3 is 0 Å². The van der Waals surface area contributed by atoms with Crippen LogP contribution < -0.4 is 0 Å². The predicted molar refractivity (Wildman–Crippen MR) is 75.0 cm³/mol. The van der Waals surface area contributed by atoms with Gasteiger partial charge in [-0.2, -0.15) is 0 Å². The van der Waals surface area contributed by atoms with E-state index in [4.69, 9.17) is 0 Å². The minimum Gasteiger partial charge on any atom is -0.431 e. The standard InChI is InChI=1S/CH6OSi.3CH4.3CH3.ClH.4Co.4Fe.H4Si/c1-2-3;;;;;;;;;;;;;;;;/h1,3H3;3*1H4;3*1H3;1H;;;;;;;;;1H4/q;;;;3*-1;;;;;;;;;;. The van der Waals surface area contributed by atoms with Crippen molar-refractivity contribution in [3.8, 4) is 0 Å². The van der Waals surface area contributed by atoms with Crippen molar-refractivity contribution in [2.24, 2.45) is 0 Å². The molecule has 0 spiro atoms. The molecular formula is C7H32ClCo4Fe4OSi2-3. The van der Waals surface area contributed by atoms with E-state index >= 15 is 0 Å². The van der Waals surface area contributed by atoms with Gasteiger partial charge in [0.25, 0.3) is 0 Å². The van der Waals surface area contributed by atoms with Gasteiger partial charge in [-0.25, -0.2) is 0 Å². The van der Waals surface area contributed by atoms with Crippen LogP contribution in [0.15, 0.2) is 0 Å². The Kier molecular flexibility index (Phi) is 4560. The van der Waals surface area contributed by atoms with E-state index in [9.17, 15) is 0 Å². The molecule has 1 nitrogen and oxygen atoms in total. The van der Waals surface area contributed by atoms with Crippen LogP contribution in [0.3, 0.4) is 0 Å². The fraction of sp³-hybridized carbons (Fsp3) is 0.571. The summed E-state index contributed by atoms with van der Waals surface area (Å²) in [6, 6.07) is 0. The van der Waals surface area contributed by atoms with E-state index in [0.29, 0.717) is 0 Å². The van der Waals surface area contributed by atoms with Crippen molar-refractivity contribution in [1.82, 2.24) is 0 Å². The molecule has 0 aliphatic rings. The molecule has 0 fully saturated rings. The molecule has 0 atom stereocenters. The second kappa shape index (κ2) is 323. The second-order valence-electron chi connectivity index (χ2n) is 0.408. The largest absolute Gasteiger partial charge is 0.431 e. The summed E-state index contributed by atoms with van der Waals surface area (Å²) in [5.74, 6) is 0. The molecule has 12 heteroatoms. The Morgan fingerprint density at radius 1 is 0.632 bits per heavy atom. The number of hydrogen-bond acceptors (Lipinski definition) is 1. The third-order valence-corrected chi connectivity index (χ3v) is 0. The monoisotopic (exact) mass is 683 g/mol. The van der Waals surface area contributed by atoms with Crippen LogP contribution in [-0.4, -0.2) is 28.6 Å². The van der Waals surface area contributed by atoms with E-state index in [1.54, 1.807) is 7.11 Å². The normalized spacial score (nSPS) is 1.11. The number of halogens is 1. The summed E-state index contributed by atoms with van der Waals surface area (Å²) in [5, 5.41) is 0. The molecule has 0 N–H and O–H groups in total. The molecule has 0 unspecified atom stereocenters. The maximum absolute atomic E-state index is 4.39. The topological polar surface area (TPSA) is 9.23 Å². The first-order chi connectivity index (χ1) is 1.41. The zero-order valence-corrected chi connectivity index (χ0v) is 20.0. The van der Waals surface area contributed by atoms with E-state index in [1.165, 1.54) is 0 Å². The zero-order valence-electron chi connectivity index (χ0n) is 8.56. The maximum atomic E-state index is 4.39. The van der Waals surface area contributed by atoms with E-state index in [1.807, 2.05) is 0 Å².